The molecule has 0 spiro atoms. The van der Waals surface area contributed by atoms with Crippen LogP contribution in [0, 0.1) is 13.8 Å². The molecule has 2 aromatic heterocycles. The molecular formula is C11H14N4O2S2. The maximum absolute atomic E-state index is 10.6. The molecule has 8 heteroatoms. The molecule has 19 heavy (non-hydrogen) atoms. The standard InChI is InChI=1S/C11H14N4O2S2/c1-6-4-18-10(12-6)7(2)15-8(3)13-14-11(15)19-5-9(16)17/h4,7H,5H2,1-3H3,(H,16,17). The van der Waals surface area contributed by atoms with Gasteiger partial charge in [0.05, 0.1) is 11.8 Å². The Labute approximate surface area is 118 Å². The van der Waals surface area contributed by atoms with Gasteiger partial charge in [-0.15, -0.1) is 21.5 Å². The van der Waals surface area contributed by atoms with Crippen molar-refractivity contribution in [3.63, 3.8) is 0 Å². The van der Waals surface area contributed by atoms with Crippen molar-refractivity contribution in [2.75, 3.05) is 5.75 Å². The summed E-state index contributed by atoms with van der Waals surface area (Å²) in [5, 5.41) is 20.4. The summed E-state index contributed by atoms with van der Waals surface area (Å²) in [5.41, 5.74) is 0.984. The van der Waals surface area contributed by atoms with E-state index >= 15 is 0 Å². The van der Waals surface area contributed by atoms with Crippen LogP contribution in [0.4, 0.5) is 0 Å². The van der Waals surface area contributed by atoms with Gasteiger partial charge in [0.25, 0.3) is 0 Å². The molecule has 6 nitrogen and oxygen atoms in total. The summed E-state index contributed by atoms with van der Waals surface area (Å²) in [7, 11) is 0. The van der Waals surface area contributed by atoms with Crippen molar-refractivity contribution in [1.29, 1.82) is 0 Å². The van der Waals surface area contributed by atoms with Crippen LogP contribution in [-0.4, -0.2) is 36.6 Å². The van der Waals surface area contributed by atoms with Crippen LogP contribution in [0.25, 0.3) is 0 Å². The quantitative estimate of drug-likeness (QED) is 0.852. The Morgan fingerprint density at radius 2 is 2.26 bits per heavy atom. The van der Waals surface area contributed by atoms with Gasteiger partial charge in [-0.25, -0.2) is 4.98 Å². The number of thioether (sulfide) groups is 1. The van der Waals surface area contributed by atoms with E-state index in [1.54, 1.807) is 11.3 Å². The number of aryl methyl sites for hydroxylation is 2. The number of carboxylic acid groups (broad SMARTS) is 1. The van der Waals surface area contributed by atoms with Gasteiger partial charge in [0, 0.05) is 11.1 Å². The first-order valence-corrected chi connectivity index (χ1v) is 7.53. The van der Waals surface area contributed by atoms with Crippen LogP contribution in [0.5, 0.6) is 0 Å². The van der Waals surface area contributed by atoms with Crippen molar-refractivity contribution in [2.45, 2.75) is 32.0 Å². The van der Waals surface area contributed by atoms with Gasteiger partial charge in [-0.3, -0.25) is 9.36 Å². The Bertz CT molecular complexity index is 593. The molecule has 1 atom stereocenters. The average molecular weight is 298 g/mol. The lowest BCUT2D eigenvalue weighted by Crippen LogP contribution is -2.11. The van der Waals surface area contributed by atoms with Gasteiger partial charge in [-0.2, -0.15) is 0 Å². The lowest BCUT2D eigenvalue weighted by molar-refractivity contribution is -0.133. The highest BCUT2D eigenvalue weighted by Gasteiger charge is 2.19. The highest BCUT2D eigenvalue weighted by molar-refractivity contribution is 7.99. The topological polar surface area (TPSA) is 80.9 Å². The zero-order chi connectivity index (χ0) is 14.0. The minimum atomic E-state index is -0.866. The van der Waals surface area contributed by atoms with Gasteiger partial charge in [0.2, 0.25) is 0 Å². The summed E-state index contributed by atoms with van der Waals surface area (Å²) in [5.74, 6) is -0.134. The molecule has 0 saturated carbocycles. The molecule has 0 bridgehead atoms. The molecule has 0 amide bonds. The van der Waals surface area contributed by atoms with E-state index in [-0.39, 0.29) is 11.8 Å². The molecule has 1 N–H and O–H groups in total. The van der Waals surface area contributed by atoms with Crippen LogP contribution in [0.2, 0.25) is 0 Å². The first-order chi connectivity index (χ1) is 8.99. The third kappa shape index (κ3) is 3.13. The fraction of sp³-hybridized carbons (Fsp3) is 0.455. The summed E-state index contributed by atoms with van der Waals surface area (Å²) in [6.07, 6.45) is 0. The zero-order valence-electron chi connectivity index (χ0n) is 10.8. The lowest BCUT2D eigenvalue weighted by Gasteiger charge is -2.14. The van der Waals surface area contributed by atoms with Crippen LogP contribution >= 0.6 is 23.1 Å². The highest BCUT2D eigenvalue weighted by Crippen LogP contribution is 2.27. The van der Waals surface area contributed by atoms with Crippen LogP contribution in [0.3, 0.4) is 0 Å². The van der Waals surface area contributed by atoms with E-state index in [9.17, 15) is 4.79 Å². The van der Waals surface area contributed by atoms with Crippen LogP contribution in [0.1, 0.15) is 29.5 Å². The highest BCUT2D eigenvalue weighted by atomic mass is 32.2. The van der Waals surface area contributed by atoms with Crippen LogP contribution < -0.4 is 0 Å². The van der Waals surface area contributed by atoms with Gasteiger partial charge in [0.15, 0.2) is 5.16 Å². The number of carbonyl (C=O) groups is 1. The lowest BCUT2D eigenvalue weighted by atomic mass is 10.3. The number of nitrogens with zero attached hydrogens (tertiary/aromatic N) is 4. The van der Waals surface area contributed by atoms with E-state index < -0.39 is 5.97 Å². The van der Waals surface area contributed by atoms with Crippen molar-refractivity contribution in [3.8, 4) is 0 Å². The smallest absolute Gasteiger partial charge is 0.313 e. The number of thiazole rings is 1. The van der Waals surface area contributed by atoms with E-state index in [0.717, 1.165) is 16.5 Å². The Kier molecular flexibility index (Phi) is 4.20. The predicted octanol–water partition coefficient (Wildman–Crippen LogP) is 2.14. The first kappa shape index (κ1) is 14.0. The number of aromatic nitrogens is 4. The monoisotopic (exact) mass is 298 g/mol. The molecule has 0 aliphatic heterocycles. The molecule has 102 valence electrons. The Hall–Kier alpha value is -1.41. The molecule has 2 rings (SSSR count). The summed E-state index contributed by atoms with van der Waals surface area (Å²) in [6.45, 7) is 5.82. The molecule has 0 radical (unpaired) electrons. The molecule has 0 aliphatic rings. The van der Waals surface area contributed by atoms with Crippen molar-refractivity contribution in [2.24, 2.45) is 0 Å². The largest absolute Gasteiger partial charge is 0.481 e. The average Bonchev–Trinajstić information content (AvgIpc) is 2.92. The summed E-state index contributed by atoms with van der Waals surface area (Å²) in [4.78, 5) is 15.1. The van der Waals surface area contributed by atoms with Gasteiger partial charge in [-0.05, 0) is 20.8 Å². The van der Waals surface area contributed by atoms with Gasteiger partial charge < -0.3 is 5.11 Å². The molecule has 2 aromatic rings. The van der Waals surface area contributed by atoms with Gasteiger partial charge in [0.1, 0.15) is 10.8 Å². The maximum atomic E-state index is 10.6. The number of hydrogen-bond donors (Lipinski definition) is 1. The molecule has 0 saturated heterocycles. The van der Waals surface area contributed by atoms with E-state index in [0.29, 0.717) is 5.16 Å². The number of carboxylic acids is 1. The predicted molar refractivity (Wildman–Crippen MR) is 73.8 cm³/mol. The molecule has 2 heterocycles. The normalized spacial score (nSPS) is 12.6. The van der Waals surface area contributed by atoms with Crippen LogP contribution in [-0.2, 0) is 4.79 Å². The molecule has 0 fully saturated rings. The third-order valence-corrected chi connectivity index (χ3v) is 4.60. The Morgan fingerprint density at radius 1 is 1.53 bits per heavy atom. The Morgan fingerprint density at radius 3 is 2.84 bits per heavy atom. The summed E-state index contributed by atoms with van der Waals surface area (Å²) < 4.78 is 1.92. The number of hydrogen-bond acceptors (Lipinski definition) is 6. The minimum Gasteiger partial charge on any atom is -0.481 e. The zero-order valence-corrected chi connectivity index (χ0v) is 12.5. The number of rotatable bonds is 5. The summed E-state index contributed by atoms with van der Waals surface area (Å²) in [6, 6.07) is 0.00462. The minimum absolute atomic E-state index is 0.00462. The molecule has 0 aromatic carbocycles. The van der Waals surface area contributed by atoms with E-state index in [1.807, 2.05) is 30.7 Å². The van der Waals surface area contributed by atoms with E-state index in [4.69, 9.17) is 5.11 Å². The van der Waals surface area contributed by atoms with Gasteiger partial charge in [-0.1, -0.05) is 11.8 Å². The maximum Gasteiger partial charge on any atom is 0.313 e. The van der Waals surface area contributed by atoms with Crippen molar-refractivity contribution in [3.05, 3.63) is 21.9 Å². The third-order valence-electron chi connectivity index (χ3n) is 2.54. The summed E-state index contributed by atoms with van der Waals surface area (Å²) >= 11 is 2.76. The SMILES string of the molecule is Cc1csc(C(C)n2c(C)nnc2SCC(=O)O)n1. The van der Waals surface area contributed by atoms with E-state index in [1.165, 1.54) is 11.8 Å². The van der Waals surface area contributed by atoms with Gasteiger partial charge >= 0.3 is 5.97 Å². The molecule has 1 unspecified atom stereocenters. The van der Waals surface area contributed by atoms with E-state index in [2.05, 4.69) is 15.2 Å². The molecule has 0 aliphatic carbocycles. The fourth-order valence-corrected chi connectivity index (χ4v) is 3.32. The molecular weight excluding hydrogens is 284 g/mol. The fourth-order valence-electron chi connectivity index (χ4n) is 1.70. The second kappa shape index (κ2) is 5.70. The van der Waals surface area contributed by atoms with Crippen molar-refractivity contribution in [1.82, 2.24) is 19.7 Å². The Balaban J connectivity index is 2.27. The number of aliphatic carboxylic acids is 1. The first-order valence-electron chi connectivity index (χ1n) is 5.67. The second-order valence-corrected chi connectivity index (χ2v) is 5.92. The van der Waals surface area contributed by atoms with Crippen molar-refractivity contribution >= 4 is 29.1 Å². The van der Waals surface area contributed by atoms with Crippen molar-refractivity contribution < 1.29 is 9.90 Å². The second-order valence-electron chi connectivity index (χ2n) is 4.09. The van der Waals surface area contributed by atoms with Crippen LogP contribution in [0.15, 0.2) is 10.5 Å².